The predicted octanol–water partition coefficient (Wildman–Crippen LogP) is 2.93. The van der Waals surface area contributed by atoms with Crippen LogP contribution in [0.1, 0.15) is 36.6 Å². The van der Waals surface area contributed by atoms with Crippen molar-refractivity contribution < 1.29 is 32.3 Å². The number of hydrogen-bond acceptors (Lipinski definition) is 7. The second-order valence-electron chi connectivity index (χ2n) is 7.76. The third kappa shape index (κ3) is 4.66. The minimum absolute atomic E-state index is 0.0572. The smallest absolute Gasteiger partial charge is 0.339 e. The van der Waals surface area contributed by atoms with E-state index in [4.69, 9.17) is 9.47 Å². The van der Waals surface area contributed by atoms with E-state index >= 15 is 0 Å². The first-order chi connectivity index (χ1) is 16.7. The summed E-state index contributed by atoms with van der Waals surface area (Å²) in [5, 5.41) is 0. The first kappa shape index (κ1) is 24.1. The van der Waals surface area contributed by atoms with Gasteiger partial charge in [-0.15, -0.1) is 0 Å². The fourth-order valence-corrected chi connectivity index (χ4v) is 5.00. The second-order valence-corrected chi connectivity index (χ2v) is 9.77. The minimum Gasteiger partial charge on any atom is -0.495 e. The van der Waals surface area contributed by atoms with E-state index < -0.39 is 34.5 Å². The van der Waals surface area contributed by atoms with Gasteiger partial charge in [-0.05, 0) is 35.9 Å². The molecule has 10 heteroatoms. The zero-order valence-electron chi connectivity index (χ0n) is 19.0. The Labute approximate surface area is 202 Å². The van der Waals surface area contributed by atoms with Gasteiger partial charge in [0.05, 0.1) is 23.8 Å². The maximum absolute atomic E-state index is 13.3. The molecule has 0 aromatic heterocycles. The van der Waals surface area contributed by atoms with E-state index in [0.29, 0.717) is 0 Å². The Morgan fingerprint density at radius 3 is 2.11 bits per heavy atom. The number of methoxy groups -OCH3 is 1. The van der Waals surface area contributed by atoms with Crippen LogP contribution in [0.4, 0.5) is 0 Å². The molecule has 9 nitrogen and oxygen atoms in total. The Balaban J connectivity index is 1.53. The van der Waals surface area contributed by atoms with E-state index in [2.05, 4.69) is 0 Å². The number of nitrogens with zero attached hydrogens (tertiary/aromatic N) is 2. The summed E-state index contributed by atoms with van der Waals surface area (Å²) in [6, 6.07) is 19.2. The summed E-state index contributed by atoms with van der Waals surface area (Å²) in [6.45, 7) is -0.492. The molecule has 1 aliphatic rings. The predicted molar refractivity (Wildman–Crippen MR) is 125 cm³/mol. The van der Waals surface area contributed by atoms with Crippen LogP contribution < -0.4 is 4.74 Å². The van der Waals surface area contributed by atoms with E-state index in [1.165, 1.54) is 38.4 Å². The van der Waals surface area contributed by atoms with Gasteiger partial charge < -0.3 is 9.47 Å². The van der Waals surface area contributed by atoms with Crippen LogP contribution in [0.5, 0.6) is 5.75 Å². The Kier molecular flexibility index (Phi) is 6.68. The van der Waals surface area contributed by atoms with Crippen molar-refractivity contribution in [1.82, 2.24) is 9.21 Å². The number of carbonyl (C=O) groups excluding carboxylic acids is 3. The highest BCUT2D eigenvalue weighted by Crippen LogP contribution is 2.29. The molecule has 35 heavy (non-hydrogen) atoms. The van der Waals surface area contributed by atoms with Gasteiger partial charge in [-0.2, -0.15) is 4.31 Å². The van der Waals surface area contributed by atoms with Crippen LogP contribution in [0.3, 0.4) is 0 Å². The van der Waals surface area contributed by atoms with Gasteiger partial charge in [-0.25, -0.2) is 18.1 Å². The molecule has 4 rings (SSSR count). The summed E-state index contributed by atoms with van der Waals surface area (Å²) >= 11 is 0. The molecule has 3 aromatic carbocycles. The maximum atomic E-state index is 13.3. The lowest BCUT2D eigenvalue weighted by Gasteiger charge is -2.20. The molecular weight excluding hydrogens is 472 g/mol. The zero-order chi connectivity index (χ0) is 25.2. The SMILES string of the molecule is COc1ccc(C(=O)OCN2C(=O)c3ccccc3C2=O)cc1S(=O)(=O)N(C)Cc1ccccc1. The van der Waals surface area contributed by atoms with Crippen LogP contribution in [0.15, 0.2) is 77.7 Å². The Morgan fingerprint density at radius 1 is 0.914 bits per heavy atom. The van der Waals surface area contributed by atoms with Crippen molar-refractivity contribution in [2.45, 2.75) is 11.4 Å². The third-order valence-electron chi connectivity index (χ3n) is 5.54. The van der Waals surface area contributed by atoms with Crippen LogP contribution in [-0.2, 0) is 21.3 Å². The highest BCUT2D eigenvalue weighted by atomic mass is 32.2. The number of amides is 2. The number of ether oxygens (including phenoxy) is 2. The van der Waals surface area contributed by atoms with E-state index in [0.717, 1.165) is 20.8 Å². The lowest BCUT2D eigenvalue weighted by molar-refractivity contribution is 0.0228. The normalized spacial score (nSPS) is 13.2. The van der Waals surface area contributed by atoms with Gasteiger partial charge in [0, 0.05) is 13.6 Å². The number of benzene rings is 3. The van der Waals surface area contributed by atoms with Crippen molar-refractivity contribution in [3.63, 3.8) is 0 Å². The van der Waals surface area contributed by atoms with Crippen LogP contribution in [0.2, 0.25) is 0 Å². The molecule has 0 saturated carbocycles. The topological polar surface area (TPSA) is 110 Å². The molecular formula is C25H22N2O7S. The highest BCUT2D eigenvalue weighted by molar-refractivity contribution is 7.89. The van der Waals surface area contributed by atoms with Gasteiger partial charge in [0.25, 0.3) is 11.8 Å². The lowest BCUT2D eigenvalue weighted by Crippen LogP contribution is -2.33. The van der Waals surface area contributed by atoms with E-state index in [1.54, 1.807) is 36.4 Å². The first-order valence-corrected chi connectivity index (χ1v) is 12.0. The Hall–Kier alpha value is -4.02. The molecule has 0 N–H and O–H groups in total. The fourth-order valence-electron chi connectivity index (χ4n) is 3.66. The standard InChI is InChI=1S/C25H22N2O7S/c1-26(15-17-8-4-3-5-9-17)35(31,32)22-14-18(12-13-21(22)33-2)25(30)34-16-27-23(28)19-10-6-7-11-20(19)24(27)29/h3-14H,15-16H2,1-2H3. The number of hydrogen-bond donors (Lipinski definition) is 0. The Morgan fingerprint density at radius 2 is 1.51 bits per heavy atom. The van der Waals surface area contributed by atoms with Gasteiger partial charge in [0.1, 0.15) is 10.6 Å². The minimum atomic E-state index is -4.04. The first-order valence-electron chi connectivity index (χ1n) is 10.5. The summed E-state index contributed by atoms with van der Waals surface area (Å²) in [7, 11) is -1.29. The van der Waals surface area contributed by atoms with Crippen LogP contribution in [-0.4, -0.2) is 56.3 Å². The molecule has 0 spiro atoms. The summed E-state index contributed by atoms with van der Waals surface area (Å²) in [5.74, 6) is -1.98. The third-order valence-corrected chi connectivity index (χ3v) is 7.36. The number of esters is 1. The molecule has 0 unspecified atom stereocenters. The molecule has 0 fully saturated rings. The van der Waals surface area contributed by atoms with E-state index in [1.807, 2.05) is 6.07 Å². The second kappa shape index (κ2) is 9.69. The maximum Gasteiger partial charge on any atom is 0.339 e. The number of carbonyl (C=O) groups is 3. The Bertz CT molecular complexity index is 1370. The molecule has 0 radical (unpaired) electrons. The van der Waals surface area contributed by atoms with Crippen molar-refractivity contribution in [1.29, 1.82) is 0 Å². The van der Waals surface area contributed by atoms with Crippen LogP contribution in [0.25, 0.3) is 0 Å². The summed E-state index contributed by atoms with van der Waals surface area (Å²) < 4.78 is 38.1. The summed E-state index contributed by atoms with van der Waals surface area (Å²) in [6.07, 6.45) is 0. The number of sulfonamides is 1. The van der Waals surface area contributed by atoms with Crippen molar-refractivity contribution >= 4 is 27.8 Å². The number of fused-ring (bicyclic) bond motifs is 1. The molecule has 0 atom stereocenters. The van der Waals surface area contributed by atoms with Gasteiger partial charge in [-0.1, -0.05) is 42.5 Å². The molecule has 0 saturated heterocycles. The van der Waals surface area contributed by atoms with Crippen molar-refractivity contribution in [3.05, 3.63) is 95.1 Å². The molecule has 1 aliphatic heterocycles. The van der Waals surface area contributed by atoms with E-state index in [-0.39, 0.29) is 33.9 Å². The number of imide groups is 1. The monoisotopic (exact) mass is 494 g/mol. The summed E-state index contributed by atoms with van der Waals surface area (Å²) in [5.41, 5.74) is 1.17. The van der Waals surface area contributed by atoms with Crippen LogP contribution in [0, 0.1) is 0 Å². The molecule has 0 aliphatic carbocycles. The molecule has 0 bridgehead atoms. The zero-order valence-corrected chi connectivity index (χ0v) is 19.8. The molecule has 1 heterocycles. The molecule has 180 valence electrons. The van der Waals surface area contributed by atoms with Crippen molar-refractivity contribution in [3.8, 4) is 5.75 Å². The highest BCUT2D eigenvalue weighted by Gasteiger charge is 2.36. The van der Waals surface area contributed by atoms with Crippen molar-refractivity contribution in [2.24, 2.45) is 0 Å². The molecule has 2 amide bonds. The van der Waals surface area contributed by atoms with Crippen LogP contribution >= 0.6 is 0 Å². The van der Waals surface area contributed by atoms with Gasteiger partial charge in [-0.3, -0.25) is 9.59 Å². The average molecular weight is 495 g/mol. The van der Waals surface area contributed by atoms with Gasteiger partial charge in [0.15, 0.2) is 6.73 Å². The average Bonchev–Trinajstić information content (AvgIpc) is 3.12. The van der Waals surface area contributed by atoms with E-state index in [9.17, 15) is 22.8 Å². The largest absolute Gasteiger partial charge is 0.495 e. The van der Waals surface area contributed by atoms with Crippen molar-refractivity contribution in [2.75, 3.05) is 20.9 Å². The molecule has 3 aromatic rings. The quantitative estimate of drug-likeness (QED) is 0.350. The lowest BCUT2D eigenvalue weighted by atomic mass is 10.1. The van der Waals surface area contributed by atoms with Gasteiger partial charge in [0.2, 0.25) is 10.0 Å². The van der Waals surface area contributed by atoms with Gasteiger partial charge >= 0.3 is 5.97 Å². The summed E-state index contributed by atoms with van der Waals surface area (Å²) in [4.78, 5) is 38.2. The number of rotatable bonds is 8. The fraction of sp³-hybridized carbons (Fsp3) is 0.160.